The quantitative estimate of drug-likeness (QED) is 0.848. The fourth-order valence-corrected chi connectivity index (χ4v) is 3.27. The van der Waals surface area contributed by atoms with Gasteiger partial charge < -0.3 is 15.0 Å². The molecule has 0 aliphatic carbocycles. The molecule has 1 atom stereocenters. The van der Waals surface area contributed by atoms with E-state index in [1.165, 1.54) is 18.5 Å². The van der Waals surface area contributed by atoms with Crippen LogP contribution < -0.4 is 15.0 Å². The normalized spacial score (nSPS) is 16.2. The Bertz CT molecular complexity index is 692. The fourth-order valence-electron chi connectivity index (χ4n) is 3.27. The summed E-state index contributed by atoms with van der Waals surface area (Å²) in [5.41, 5.74) is 2.37. The van der Waals surface area contributed by atoms with Gasteiger partial charge in [0.1, 0.15) is 5.75 Å². The monoisotopic (exact) mass is 352 g/mol. The highest BCUT2D eigenvalue weighted by molar-refractivity contribution is 5.78. The SMILES string of the molecule is CC1CCN(c2ccc([C@@H](C)NC(=O)COc3ccccc3)cc2)CC1. The van der Waals surface area contributed by atoms with Crippen LogP contribution in [0.3, 0.4) is 0 Å². The third-order valence-corrected chi connectivity index (χ3v) is 5.03. The summed E-state index contributed by atoms with van der Waals surface area (Å²) in [6, 6.07) is 17.9. The summed E-state index contributed by atoms with van der Waals surface area (Å²) in [5.74, 6) is 1.42. The zero-order valence-corrected chi connectivity index (χ0v) is 15.7. The molecule has 1 aliphatic heterocycles. The molecule has 1 amide bonds. The van der Waals surface area contributed by atoms with Gasteiger partial charge in [0.2, 0.25) is 0 Å². The average molecular weight is 352 g/mol. The molecule has 3 rings (SSSR count). The lowest BCUT2D eigenvalue weighted by Gasteiger charge is -2.32. The first-order valence-corrected chi connectivity index (χ1v) is 9.44. The van der Waals surface area contributed by atoms with Gasteiger partial charge in [0.25, 0.3) is 5.91 Å². The Morgan fingerprint density at radius 2 is 1.77 bits per heavy atom. The molecule has 1 saturated heterocycles. The minimum Gasteiger partial charge on any atom is -0.484 e. The molecule has 1 aliphatic rings. The highest BCUT2D eigenvalue weighted by Gasteiger charge is 2.16. The summed E-state index contributed by atoms with van der Waals surface area (Å²) in [7, 11) is 0. The smallest absolute Gasteiger partial charge is 0.258 e. The van der Waals surface area contributed by atoms with Crippen molar-refractivity contribution in [3.63, 3.8) is 0 Å². The molecule has 2 aromatic rings. The van der Waals surface area contributed by atoms with E-state index in [0.717, 1.165) is 24.6 Å². The van der Waals surface area contributed by atoms with Gasteiger partial charge in [-0.2, -0.15) is 0 Å². The number of benzene rings is 2. The van der Waals surface area contributed by atoms with Crippen LogP contribution in [-0.4, -0.2) is 25.6 Å². The maximum absolute atomic E-state index is 12.1. The number of hydrogen-bond donors (Lipinski definition) is 1. The van der Waals surface area contributed by atoms with Gasteiger partial charge in [-0.3, -0.25) is 4.79 Å². The number of amides is 1. The van der Waals surface area contributed by atoms with Crippen LogP contribution in [0.2, 0.25) is 0 Å². The molecule has 0 aromatic heterocycles. The predicted octanol–water partition coefficient (Wildman–Crippen LogP) is 4.18. The van der Waals surface area contributed by atoms with Crippen molar-refractivity contribution < 1.29 is 9.53 Å². The van der Waals surface area contributed by atoms with Gasteiger partial charge in [-0.15, -0.1) is 0 Å². The number of para-hydroxylation sites is 1. The molecule has 4 heteroatoms. The van der Waals surface area contributed by atoms with Gasteiger partial charge in [0, 0.05) is 18.8 Å². The van der Waals surface area contributed by atoms with Crippen molar-refractivity contribution in [1.82, 2.24) is 5.32 Å². The summed E-state index contributed by atoms with van der Waals surface area (Å²) in [6.45, 7) is 6.61. The van der Waals surface area contributed by atoms with Crippen LogP contribution in [0.25, 0.3) is 0 Å². The van der Waals surface area contributed by atoms with E-state index < -0.39 is 0 Å². The zero-order valence-electron chi connectivity index (χ0n) is 15.7. The highest BCUT2D eigenvalue weighted by Crippen LogP contribution is 2.24. The minimum atomic E-state index is -0.115. The molecule has 4 nitrogen and oxygen atoms in total. The Morgan fingerprint density at radius 1 is 1.12 bits per heavy atom. The van der Waals surface area contributed by atoms with Gasteiger partial charge in [-0.1, -0.05) is 37.3 Å². The average Bonchev–Trinajstić information content (AvgIpc) is 2.68. The summed E-state index contributed by atoms with van der Waals surface area (Å²) in [4.78, 5) is 14.5. The molecule has 26 heavy (non-hydrogen) atoms. The Morgan fingerprint density at radius 3 is 2.42 bits per heavy atom. The lowest BCUT2D eigenvalue weighted by molar-refractivity contribution is -0.123. The molecular formula is C22H28N2O2. The number of nitrogens with zero attached hydrogens (tertiary/aromatic N) is 1. The first kappa shape index (κ1) is 18.3. The van der Waals surface area contributed by atoms with Crippen molar-refractivity contribution in [3.8, 4) is 5.75 Å². The van der Waals surface area contributed by atoms with E-state index in [9.17, 15) is 4.79 Å². The Balaban J connectivity index is 1.49. The summed E-state index contributed by atoms with van der Waals surface area (Å²) in [6.07, 6.45) is 2.52. The number of ether oxygens (including phenoxy) is 1. The molecule has 1 N–H and O–H groups in total. The van der Waals surface area contributed by atoms with Crippen LogP contribution in [0, 0.1) is 5.92 Å². The lowest BCUT2D eigenvalue weighted by Crippen LogP contribution is -2.33. The molecule has 138 valence electrons. The Hall–Kier alpha value is -2.49. The standard InChI is InChI=1S/C22H28N2O2/c1-17-12-14-24(15-13-17)20-10-8-19(9-11-20)18(2)23-22(25)16-26-21-6-4-3-5-7-21/h3-11,17-18H,12-16H2,1-2H3,(H,23,25)/t18-/m1/s1. The lowest BCUT2D eigenvalue weighted by atomic mass is 9.98. The first-order chi connectivity index (χ1) is 12.6. The summed E-state index contributed by atoms with van der Waals surface area (Å²) >= 11 is 0. The molecule has 0 radical (unpaired) electrons. The van der Waals surface area contributed by atoms with E-state index in [1.807, 2.05) is 37.3 Å². The zero-order chi connectivity index (χ0) is 18.4. The van der Waals surface area contributed by atoms with Crippen molar-refractivity contribution in [2.75, 3.05) is 24.6 Å². The van der Waals surface area contributed by atoms with Crippen LogP contribution in [0.15, 0.2) is 54.6 Å². The van der Waals surface area contributed by atoms with Crippen molar-refractivity contribution in [3.05, 3.63) is 60.2 Å². The number of nitrogens with one attached hydrogen (secondary N) is 1. The first-order valence-electron chi connectivity index (χ1n) is 9.44. The molecule has 2 aromatic carbocycles. The van der Waals surface area contributed by atoms with Crippen molar-refractivity contribution >= 4 is 11.6 Å². The highest BCUT2D eigenvalue weighted by atomic mass is 16.5. The topological polar surface area (TPSA) is 41.6 Å². The molecule has 1 fully saturated rings. The van der Waals surface area contributed by atoms with Crippen molar-refractivity contribution in [2.24, 2.45) is 5.92 Å². The van der Waals surface area contributed by atoms with Gasteiger partial charge >= 0.3 is 0 Å². The fraction of sp³-hybridized carbons (Fsp3) is 0.409. The molecule has 0 bridgehead atoms. The van der Waals surface area contributed by atoms with E-state index in [0.29, 0.717) is 5.75 Å². The van der Waals surface area contributed by atoms with Crippen LogP contribution in [0.4, 0.5) is 5.69 Å². The van der Waals surface area contributed by atoms with Gasteiger partial charge in [-0.05, 0) is 55.5 Å². The number of carbonyl (C=O) groups excluding carboxylic acids is 1. The maximum atomic E-state index is 12.1. The van der Waals surface area contributed by atoms with Crippen LogP contribution in [-0.2, 0) is 4.79 Å². The third-order valence-electron chi connectivity index (χ3n) is 5.03. The van der Waals surface area contributed by atoms with Crippen LogP contribution >= 0.6 is 0 Å². The largest absolute Gasteiger partial charge is 0.484 e. The van der Waals surface area contributed by atoms with Crippen molar-refractivity contribution in [2.45, 2.75) is 32.7 Å². The van der Waals surface area contributed by atoms with Gasteiger partial charge in [-0.25, -0.2) is 0 Å². The Labute approximate surface area is 156 Å². The van der Waals surface area contributed by atoms with Gasteiger partial charge in [0.15, 0.2) is 6.61 Å². The Kier molecular flexibility index (Phi) is 6.16. The number of piperidine rings is 1. The second-order valence-corrected chi connectivity index (χ2v) is 7.15. The predicted molar refractivity (Wildman–Crippen MR) is 106 cm³/mol. The molecule has 0 unspecified atom stereocenters. The van der Waals surface area contributed by atoms with Gasteiger partial charge in [0.05, 0.1) is 6.04 Å². The van der Waals surface area contributed by atoms with E-state index in [-0.39, 0.29) is 18.6 Å². The van der Waals surface area contributed by atoms with E-state index in [2.05, 4.69) is 41.4 Å². The van der Waals surface area contributed by atoms with Crippen LogP contribution in [0.1, 0.15) is 38.3 Å². The van der Waals surface area contributed by atoms with E-state index in [4.69, 9.17) is 4.74 Å². The molecule has 0 spiro atoms. The van der Waals surface area contributed by atoms with Crippen LogP contribution in [0.5, 0.6) is 5.75 Å². The number of hydrogen-bond acceptors (Lipinski definition) is 3. The molecule has 0 saturated carbocycles. The third kappa shape index (κ3) is 5.01. The van der Waals surface area contributed by atoms with Crippen molar-refractivity contribution in [1.29, 1.82) is 0 Å². The minimum absolute atomic E-state index is 0.0262. The second kappa shape index (κ2) is 8.75. The molecular weight excluding hydrogens is 324 g/mol. The summed E-state index contributed by atoms with van der Waals surface area (Å²) < 4.78 is 5.49. The number of carbonyl (C=O) groups is 1. The maximum Gasteiger partial charge on any atom is 0.258 e. The number of rotatable bonds is 6. The molecule has 1 heterocycles. The van der Waals surface area contributed by atoms with E-state index >= 15 is 0 Å². The second-order valence-electron chi connectivity index (χ2n) is 7.15. The summed E-state index contributed by atoms with van der Waals surface area (Å²) in [5, 5.41) is 2.99. The van der Waals surface area contributed by atoms with E-state index in [1.54, 1.807) is 0 Å². The number of anilines is 1.